The van der Waals surface area contributed by atoms with Gasteiger partial charge in [-0.2, -0.15) is 0 Å². The number of carbonyl (C=O) groups is 1. The molecule has 15 heavy (non-hydrogen) atoms. The Bertz CT molecular complexity index is 519. The van der Waals surface area contributed by atoms with Crippen molar-refractivity contribution < 1.29 is 4.79 Å². The van der Waals surface area contributed by atoms with E-state index in [9.17, 15) is 4.79 Å². The molecule has 5 heteroatoms. The molecule has 0 spiro atoms. The normalized spacial score (nSPS) is 20.8. The highest BCUT2D eigenvalue weighted by Gasteiger charge is 2.25. The first-order valence-electron chi connectivity index (χ1n) is 4.88. The maximum Gasteiger partial charge on any atom is 0.220 e. The number of imidazole rings is 1. The van der Waals surface area contributed by atoms with Gasteiger partial charge in [0.2, 0.25) is 5.91 Å². The smallest absolute Gasteiger partial charge is 0.220 e. The Morgan fingerprint density at radius 2 is 2.40 bits per heavy atom. The van der Waals surface area contributed by atoms with Crippen LogP contribution in [-0.4, -0.2) is 26.8 Å². The van der Waals surface area contributed by atoms with Crippen molar-refractivity contribution in [3.8, 4) is 0 Å². The molecule has 0 aromatic carbocycles. The third-order valence-corrected chi connectivity index (χ3v) is 2.74. The van der Waals surface area contributed by atoms with Crippen LogP contribution >= 0.6 is 0 Å². The highest BCUT2D eigenvalue weighted by molar-refractivity contribution is 5.79. The lowest BCUT2D eigenvalue weighted by atomic mass is 10.1. The van der Waals surface area contributed by atoms with Gasteiger partial charge in [-0.15, -0.1) is 0 Å². The minimum atomic E-state index is 0.115. The van der Waals surface area contributed by atoms with Crippen LogP contribution in [0.5, 0.6) is 0 Å². The lowest BCUT2D eigenvalue weighted by molar-refractivity contribution is -0.119. The number of carbonyl (C=O) groups excluding carboxylic acids is 1. The number of hydrogen-bond acceptors (Lipinski definition) is 3. The number of nitrogens with zero attached hydrogens (tertiary/aromatic N) is 3. The van der Waals surface area contributed by atoms with Crippen molar-refractivity contribution in [1.29, 1.82) is 0 Å². The molecular formula is C10H10N4O. The average Bonchev–Trinajstić information content (AvgIpc) is 2.83. The van der Waals surface area contributed by atoms with E-state index in [0.29, 0.717) is 13.0 Å². The number of aromatic nitrogens is 3. The minimum Gasteiger partial charge on any atom is -0.355 e. The highest BCUT2D eigenvalue weighted by atomic mass is 16.1. The van der Waals surface area contributed by atoms with Gasteiger partial charge >= 0.3 is 0 Å². The van der Waals surface area contributed by atoms with Crippen LogP contribution in [0, 0.1) is 0 Å². The van der Waals surface area contributed by atoms with E-state index in [1.807, 2.05) is 16.8 Å². The molecule has 3 heterocycles. The predicted molar refractivity (Wildman–Crippen MR) is 53.4 cm³/mol. The molecule has 2 aromatic heterocycles. The highest BCUT2D eigenvalue weighted by Crippen LogP contribution is 2.23. The third-order valence-electron chi connectivity index (χ3n) is 2.74. The van der Waals surface area contributed by atoms with Gasteiger partial charge in [0.05, 0.1) is 6.20 Å². The van der Waals surface area contributed by atoms with Crippen molar-refractivity contribution in [2.75, 3.05) is 6.54 Å². The summed E-state index contributed by atoms with van der Waals surface area (Å²) < 4.78 is 1.98. The van der Waals surface area contributed by atoms with Gasteiger partial charge in [-0.3, -0.25) is 9.78 Å². The number of hydrogen-bond donors (Lipinski definition) is 1. The van der Waals surface area contributed by atoms with E-state index >= 15 is 0 Å². The summed E-state index contributed by atoms with van der Waals surface area (Å²) in [6.07, 6.45) is 7.69. The Morgan fingerprint density at radius 1 is 1.47 bits per heavy atom. The molecule has 0 aliphatic carbocycles. The van der Waals surface area contributed by atoms with Crippen molar-refractivity contribution in [2.45, 2.75) is 12.3 Å². The van der Waals surface area contributed by atoms with Gasteiger partial charge in [-0.05, 0) is 0 Å². The SMILES string of the molecule is O=C1CC(c2cnc3cnccn23)CN1. The van der Waals surface area contributed by atoms with Gasteiger partial charge in [0.15, 0.2) is 5.65 Å². The van der Waals surface area contributed by atoms with E-state index in [2.05, 4.69) is 15.3 Å². The molecule has 5 nitrogen and oxygen atoms in total. The van der Waals surface area contributed by atoms with Crippen molar-refractivity contribution in [3.05, 3.63) is 30.5 Å². The molecule has 0 saturated carbocycles. The molecule has 0 radical (unpaired) electrons. The average molecular weight is 202 g/mol. The lowest BCUT2D eigenvalue weighted by Gasteiger charge is -2.05. The quantitative estimate of drug-likeness (QED) is 0.725. The van der Waals surface area contributed by atoms with E-state index in [4.69, 9.17) is 0 Å². The molecule has 1 atom stereocenters. The zero-order valence-corrected chi connectivity index (χ0v) is 8.05. The number of fused-ring (bicyclic) bond motifs is 1. The summed E-state index contributed by atoms with van der Waals surface area (Å²) in [7, 11) is 0. The van der Waals surface area contributed by atoms with Crippen LogP contribution < -0.4 is 5.32 Å². The van der Waals surface area contributed by atoms with Gasteiger partial charge in [0.1, 0.15) is 0 Å². The first-order valence-corrected chi connectivity index (χ1v) is 4.88. The van der Waals surface area contributed by atoms with E-state index in [1.165, 1.54) is 0 Å². The topological polar surface area (TPSA) is 59.3 Å². The first kappa shape index (κ1) is 8.40. The molecule has 1 saturated heterocycles. The fraction of sp³-hybridized carbons (Fsp3) is 0.300. The maximum absolute atomic E-state index is 11.1. The summed E-state index contributed by atoms with van der Waals surface area (Å²) in [4.78, 5) is 19.4. The second kappa shape index (κ2) is 3.05. The molecule has 0 bridgehead atoms. The zero-order chi connectivity index (χ0) is 10.3. The molecule has 1 fully saturated rings. The molecule has 1 unspecified atom stereocenters. The fourth-order valence-corrected chi connectivity index (χ4v) is 1.98. The molecule has 1 amide bonds. The molecular weight excluding hydrogens is 192 g/mol. The minimum absolute atomic E-state index is 0.115. The Kier molecular flexibility index (Phi) is 1.71. The maximum atomic E-state index is 11.1. The van der Waals surface area contributed by atoms with Crippen molar-refractivity contribution in [3.63, 3.8) is 0 Å². The van der Waals surface area contributed by atoms with E-state index in [1.54, 1.807) is 12.4 Å². The summed E-state index contributed by atoms with van der Waals surface area (Å²) >= 11 is 0. The van der Waals surface area contributed by atoms with Gasteiger partial charge in [-0.25, -0.2) is 4.98 Å². The Balaban J connectivity index is 2.07. The zero-order valence-electron chi connectivity index (χ0n) is 8.05. The van der Waals surface area contributed by atoms with Crippen molar-refractivity contribution in [1.82, 2.24) is 19.7 Å². The monoisotopic (exact) mass is 202 g/mol. The van der Waals surface area contributed by atoms with Crippen LogP contribution in [0.15, 0.2) is 24.8 Å². The number of amides is 1. The summed E-state index contributed by atoms with van der Waals surface area (Å²) in [6, 6.07) is 0. The Labute approximate surface area is 86.2 Å². The van der Waals surface area contributed by atoms with Crippen LogP contribution in [0.2, 0.25) is 0 Å². The second-order valence-corrected chi connectivity index (χ2v) is 3.69. The van der Waals surface area contributed by atoms with Gasteiger partial charge in [0.25, 0.3) is 0 Å². The fourth-order valence-electron chi connectivity index (χ4n) is 1.98. The third kappa shape index (κ3) is 1.27. The largest absolute Gasteiger partial charge is 0.355 e. The molecule has 1 aliphatic heterocycles. The van der Waals surface area contributed by atoms with Crippen LogP contribution in [0.4, 0.5) is 0 Å². The number of nitrogens with one attached hydrogen (secondary N) is 1. The summed E-state index contributed by atoms with van der Waals surface area (Å²) in [5.41, 5.74) is 1.90. The van der Waals surface area contributed by atoms with Crippen LogP contribution in [-0.2, 0) is 4.79 Å². The van der Waals surface area contributed by atoms with Gasteiger partial charge in [0, 0.05) is 43.2 Å². The molecule has 2 aromatic rings. The van der Waals surface area contributed by atoms with Crippen LogP contribution in [0.3, 0.4) is 0 Å². The molecule has 3 rings (SSSR count). The number of rotatable bonds is 1. The molecule has 76 valence electrons. The standard InChI is InChI=1S/C10H10N4O/c15-10-3-7(4-13-10)8-5-12-9-6-11-1-2-14(8)9/h1-2,5-7H,3-4H2,(H,13,15). The Morgan fingerprint density at radius 3 is 3.20 bits per heavy atom. The van der Waals surface area contributed by atoms with E-state index < -0.39 is 0 Å². The van der Waals surface area contributed by atoms with Gasteiger partial charge < -0.3 is 9.72 Å². The van der Waals surface area contributed by atoms with E-state index in [-0.39, 0.29) is 11.8 Å². The van der Waals surface area contributed by atoms with Crippen molar-refractivity contribution in [2.24, 2.45) is 0 Å². The van der Waals surface area contributed by atoms with Gasteiger partial charge in [-0.1, -0.05) is 0 Å². The second-order valence-electron chi connectivity index (χ2n) is 3.69. The summed E-state index contributed by atoms with van der Waals surface area (Å²) in [5, 5.41) is 2.83. The van der Waals surface area contributed by atoms with E-state index in [0.717, 1.165) is 11.3 Å². The summed E-state index contributed by atoms with van der Waals surface area (Å²) in [5.74, 6) is 0.346. The molecule has 1 aliphatic rings. The van der Waals surface area contributed by atoms with Crippen LogP contribution in [0.1, 0.15) is 18.0 Å². The summed E-state index contributed by atoms with van der Waals surface area (Å²) in [6.45, 7) is 0.703. The predicted octanol–water partition coefficient (Wildman–Crippen LogP) is 0.333. The Hall–Kier alpha value is -1.91. The lowest BCUT2D eigenvalue weighted by Crippen LogP contribution is -2.13. The van der Waals surface area contributed by atoms with Crippen molar-refractivity contribution >= 4 is 11.6 Å². The van der Waals surface area contributed by atoms with Crippen LogP contribution in [0.25, 0.3) is 5.65 Å². The first-order chi connectivity index (χ1) is 7.34. The molecule has 1 N–H and O–H groups in total.